The number of rotatable bonds is 11. The predicted molar refractivity (Wildman–Crippen MR) is 144 cm³/mol. The number of hydrogen-bond acceptors (Lipinski definition) is 5. The molecule has 0 aliphatic carbocycles. The molecule has 4 rings (SSSR count). The summed E-state index contributed by atoms with van der Waals surface area (Å²) in [6, 6.07) is 28.3. The number of nitrogens with one attached hydrogen (secondary N) is 1. The van der Waals surface area contributed by atoms with Crippen LogP contribution in [-0.2, 0) is 22.4 Å². The van der Waals surface area contributed by atoms with Crippen molar-refractivity contribution in [2.45, 2.75) is 18.9 Å². The summed E-state index contributed by atoms with van der Waals surface area (Å²) < 4.78 is 5.40. The summed E-state index contributed by atoms with van der Waals surface area (Å²) >= 11 is 1.07. The number of benzene rings is 3. The second-order valence-electron chi connectivity index (χ2n) is 8.63. The van der Waals surface area contributed by atoms with Crippen LogP contribution in [0.5, 0.6) is 0 Å². The fourth-order valence-corrected chi connectivity index (χ4v) is 4.86. The molecule has 0 radical (unpaired) electrons. The molecule has 4 aromatic rings. The van der Waals surface area contributed by atoms with Crippen LogP contribution in [0.4, 0.5) is 0 Å². The lowest BCUT2D eigenvalue weighted by atomic mass is 9.98. The summed E-state index contributed by atoms with van der Waals surface area (Å²) in [4.78, 5) is 38.0. The van der Waals surface area contributed by atoms with Crippen LogP contribution >= 0.6 is 11.8 Å². The molecule has 2 atom stereocenters. The maximum atomic E-state index is 13.3. The van der Waals surface area contributed by atoms with Gasteiger partial charge in [0.25, 0.3) is 0 Å². The van der Waals surface area contributed by atoms with E-state index in [0.29, 0.717) is 12.0 Å². The summed E-state index contributed by atoms with van der Waals surface area (Å²) in [6.07, 6.45) is 2.12. The highest BCUT2D eigenvalue weighted by Crippen LogP contribution is 2.22. The van der Waals surface area contributed by atoms with E-state index in [1.165, 1.54) is 0 Å². The van der Waals surface area contributed by atoms with Gasteiger partial charge in [-0.05, 0) is 29.7 Å². The van der Waals surface area contributed by atoms with Gasteiger partial charge < -0.3 is 14.8 Å². The van der Waals surface area contributed by atoms with Crippen molar-refractivity contribution in [1.29, 1.82) is 0 Å². The minimum absolute atomic E-state index is 0.127. The Morgan fingerprint density at radius 1 is 0.784 bits per heavy atom. The van der Waals surface area contributed by atoms with Crippen LogP contribution in [0.1, 0.15) is 21.5 Å². The lowest BCUT2D eigenvalue weighted by molar-refractivity contribution is -0.142. The van der Waals surface area contributed by atoms with E-state index in [2.05, 4.69) is 5.32 Å². The Hall–Kier alpha value is -4.10. The summed E-state index contributed by atoms with van der Waals surface area (Å²) in [6.45, 7) is 0. The van der Waals surface area contributed by atoms with Gasteiger partial charge in [-0.2, -0.15) is 0 Å². The van der Waals surface area contributed by atoms with E-state index in [1.54, 1.807) is 36.6 Å². The maximum Gasteiger partial charge on any atom is 0.326 e. The minimum atomic E-state index is -1.12. The van der Waals surface area contributed by atoms with Gasteiger partial charge in [-0.1, -0.05) is 96.7 Å². The lowest BCUT2D eigenvalue weighted by Crippen LogP contribution is -2.46. The number of carbonyl (C=O) groups excluding carboxylic acids is 2. The number of amides is 1. The number of carboxylic acid groups (broad SMARTS) is 1. The fraction of sp³-hybridized carbons (Fsp3) is 0.167. The molecule has 0 aliphatic heterocycles. The Kier molecular flexibility index (Phi) is 8.94. The third-order valence-electron chi connectivity index (χ3n) is 5.93. The van der Waals surface area contributed by atoms with Crippen LogP contribution in [0.2, 0.25) is 0 Å². The minimum Gasteiger partial charge on any atom is -0.480 e. The standard InChI is InChI=1S/C30H27NO5S/c32-28(31-26(29(33)34)19-22-13-15-23(16-14-22)27-12-7-17-36-27)25(18-21-8-3-1-4-9-21)20-37-30(35)24-10-5-2-6-11-24/h1-17,25-26H,18-20H2,(H,31,32)(H,33,34)/t25-,26+/m1/s1. The molecule has 0 saturated heterocycles. The zero-order chi connectivity index (χ0) is 26.0. The van der Waals surface area contributed by atoms with Crippen LogP contribution in [0.15, 0.2) is 108 Å². The van der Waals surface area contributed by atoms with E-state index < -0.39 is 23.8 Å². The average molecular weight is 514 g/mol. The van der Waals surface area contributed by atoms with Gasteiger partial charge in [-0.15, -0.1) is 0 Å². The molecule has 6 nitrogen and oxygen atoms in total. The van der Waals surface area contributed by atoms with Crippen molar-refractivity contribution in [2.75, 3.05) is 5.75 Å². The van der Waals surface area contributed by atoms with Gasteiger partial charge in [0, 0.05) is 23.3 Å². The summed E-state index contributed by atoms with van der Waals surface area (Å²) in [7, 11) is 0. The second-order valence-corrected chi connectivity index (χ2v) is 9.62. The highest BCUT2D eigenvalue weighted by Gasteiger charge is 2.27. The zero-order valence-corrected chi connectivity index (χ0v) is 20.9. The normalized spacial score (nSPS) is 12.4. The molecule has 2 N–H and O–H groups in total. The van der Waals surface area contributed by atoms with E-state index in [-0.39, 0.29) is 17.3 Å². The number of furan rings is 1. The molecule has 7 heteroatoms. The van der Waals surface area contributed by atoms with E-state index in [4.69, 9.17) is 4.42 Å². The van der Waals surface area contributed by atoms with Gasteiger partial charge in [-0.3, -0.25) is 9.59 Å². The number of carbonyl (C=O) groups is 3. The van der Waals surface area contributed by atoms with Crippen molar-refractivity contribution in [1.82, 2.24) is 5.32 Å². The SMILES string of the molecule is O=C(SC[C@@H](Cc1ccccc1)C(=O)N[C@@H](Cc1ccc(-c2ccco2)cc1)C(=O)O)c1ccccc1. The molecule has 0 aliphatic rings. The van der Waals surface area contributed by atoms with Gasteiger partial charge in [0.05, 0.1) is 12.2 Å². The first-order chi connectivity index (χ1) is 18.0. The molecular weight excluding hydrogens is 486 g/mol. The molecular formula is C30H27NO5S. The highest BCUT2D eigenvalue weighted by molar-refractivity contribution is 8.14. The third kappa shape index (κ3) is 7.44. The van der Waals surface area contributed by atoms with E-state index in [1.807, 2.05) is 66.7 Å². The smallest absolute Gasteiger partial charge is 0.326 e. The van der Waals surface area contributed by atoms with Gasteiger partial charge in [0.1, 0.15) is 11.8 Å². The number of thioether (sulfide) groups is 1. The summed E-state index contributed by atoms with van der Waals surface area (Å²) in [5.41, 5.74) is 3.16. The molecule has 0 bridgehead atoms. The quantitative estimate of drug-likeness (QED) is 0.275. The molecule has 1 amide bonds. The van der Waals surface area contributed by atoms with Crippen molar-refractivity contribution in [3.05, 3.63) is 120 Å². The Morgan fingerprint density at radius 2 is 1.43 bits per heavy atom. The molecule has 188 valence electrons. The van der Waals surface area contributed by atoms with E-state index in [9.17, 15) is 19.5 Å². The summed E-state index contributed by atoms with van der Waals surface area (Å²) in [5, 5.41) is 12.4. The van der Waals surface area contributed by atoms with E-state index in [0.717, 1.165) is 34.2 Å². The van der Waals surface area contributed by atoms with Gasteiger partial charge in [0.15, 0.2) is 0 Å². The van der Waals surface area contributed by atoms with Crippen molar-refractivity contribution >= 4 is 28.8 Å². The Labute approximate surface area is 219 Å². The van der Waals surface area contributed by atoms with Crippen LogP contribution in [0.25, 0.3) is 11.3 Å². The van der Waals surface area contributed by atoms with Gasteiger partial charge in [0.2, 0.25) is 11.0 Å². The third-order valence-corrected chi connectivity index (χ3v) is 7.00. The second kappa shape index (κ2) is 12.7. The van der Waals surface area contributed by atoms with Crippen molar-refractivity contribution in [3.63, 3.8) is 0 Å². The lowest BCUT2D eigenvalue weighted by Gasteiger charge is -2.20. The molecule has 1 aromatic heterocycles. The van der Waals surface area contributed by atoms with Crippen LogP contribution in [0.3, 0.4) is 0 Å². The maximum absolute atomic E-state index is 13.3. The largest absolute Gasteiger partial charge is 0.480 e. The van der Waals surface area contributed by atoms with Crippen molar-refractivity contribution in [2.24, 2.45) is 5.92 Å². The molecule has 3 aromatic carbocycles. The number of aliphatic carboxylic acids is 1. The first kappa shape index (κ1) is 26.0. The van der Waals surface area contributed by atoms with Gasteiger partial charge in [-0.25, -0.2) is 4.79 Å². The zero-order valence-electron chi connectivity index (χ0n) is 20.1. The van der Waals surface area contributed by atoms with Crippen molar-refractivity contribution in [3.8, 4) is 11.3 Å². The van der Waals surface area contributed by atoms with Crippen LogP contribution in [-0.4, -0.2) is 33.9 Å². The Balaban J connectivity index is 1.44. The fourth-order valence-electron chi connectivity index (χ4n) is 3.93. The Morgan fingerprint density at radius 3 is 2.05 bits per heavy atom. The summed E-state index contributed by atoms with van der Waals surface area (Å²) in [5.74, 6) is -1.13. The molecule has 0 saturated carbocycles. The molecule has 0 unspecified atom stereocenters. The van der Waals surface area contributed by atoms with E-state index >= 15 is 0 Å². The van der Waals surface area contributed by atoms with Gasteiger partial charge >= 0.3 is 5.97 Å². The van der Waals surface area contributed by atoms with Crippen molar-refractivity contribution < 1.29 is 23.9 Å². The number of carboxylic acids is 1. The molecule has 0 spiro atoms. The predicted octanol–water partition coefficient (Wildman–Crippen LogP) is 5.49. The first-order valence-corrected chi connectivity index (χ1v) is 12.9. The van der Waals surface area contributed by atoms with Crippen LogP contribution < -0.4 is 5.32 Å². The monoisotopic (exact) mass is 513 g/mol. The molecule has 37 heavy (non-hydrogen) atoms. The first-order valence-electron chi connectivity index (χ1n) is 11.9. The average Bonchev–Trinajstić information content (AvgIpc) is 3.47. The molecule has 0 fully saturated rings. The topological polar surface area (TPSA) is 96.6 Å². The molecule has 1 heterocycles. The van der Waals surface area contributed by atoms with Crippen LogP contribution in [0, 0.1) is 5.92 Å². The Bertz CT molecular complexity index is 1310. The highest BCUT2D eigenvalue weighted by atomic mass is 32.2. The number of hydrogen-bond donors (Lipinski definition) is 2.